The number of nitrogens with one attached hydrogen (secondary N) is 1. The molecule has 2 aromatic carbocycles. The Labute approximate surface area is 161 Å². The van der Waals surface area contributed by atoms with Crippen LogP contribution in [0.15, 0.2) is 60.7 Å². The number of carbonyl (C=O) groups is 2. The Balaban J connectivity index is 1.47. The third-order valence-electron chi connectivity index (χ3n) is 4.65. The van der Waals surface area contributed by atoms with Gasteiger partial charge < -0.3 is 5.32 Å². The number of carbonyl (C=O) groups excluding carboxylic acids is 2. The lowest BCUT2D eigenvalue weighted by Crippen LogP contribution is -2.44. The highest BCUT2D eigenvalue weighted by Crippen LogP contribution is 2.27. The predicted molar refractivity (Wildman–Crippen MR) is 103 cm³/mol. The van der Waals surface area contributed by atoms with Crippen LogP contribution < -0.4 is 10.2 Å². The Morgan fingerprint density at radius 3 is 2.61 bits per heavy atom. The van der Waals surface area contributed by atoms with Crippen molar-refractivity contribution in [1.82, 2.24) is 15.1 Å². The van der Waals surface area contributed by atoms with Gasteiger partial charge in [0.05, 0.1) is 12.2 Å². The maximum absolute atomic E-state index is 13.0. The summed E-state index contributed by atoms with van der Waals surface area (Å²) in [4.78, 5) is 26.2. The fraction of sp³-hybridized carbons (Fsp3) is 0.190. The van der Waals surface area contributed by atoms with Gasteiger partial charge in [-0.15, -0.1) is 0 Å². The molecule has 7 heteroatoms. The molecule has 1 aliphatic heterocycles. The van der Waals surface area contributed by atoms with E-state index < -0.39 is 0 Å². The van der Waals surface area contributed by atoms with Gasteiger partial charge in [0.15, 0.2) is 0 Å². The number of hydrogen-bond acceptors (Lipinski definition) is 3. The van der Waals surface area contributed by atoms with Crippen LogP contribution in [0.2, 0.25) is 0 Å². The van der Waals surface area contributed by atoms with Crippen molar-refractivity contribution in [3.63, 3.8) is 0 Å². The lowest BCUT2D eigenvalue weighted by atomic mass is 10.1. The van der Waals surface area contributed by atoms with Gasteiger partial charge in [-0.3, -0.25) is 14.5 Å². The Bertz CT molecular complexity index is 999. The van der Waals surface area contributed by atoms with Crippen molar-refractivity contribution in [2.45, 2.75) is 19.5 Å². The van der Waals surface area contributed by atoms with Crippen LogP contribution in [0.5, 0.6) is 0 Å². The lowest BCUT2D eigenvalue weighted by molar-refractivity contribution is -0.124. The molecule has 0 bridgehead atoms. The zero-order valence-electron chi connectivity index (χ0n) is 15.1. The molecule has 0 saturated carbocycles. The number of benzene rings is 2. The Hall–Kier alpha value is -3.48. The average molecular weight is 378 g/mol. The van der Waals surface area contributed by atoms with E-state index in [-0.39, 0.29) is 30.7 Å². The minimum Gasteiger partial charge on any atom is -0.350 e. The molecule has 0 saturated heterocycles. The van der Waals surface area contributed by atoms with Gasteiger partial charge in [-0.25, -0.2) is 9.07 Å². The molecule has 4 rings (SSSR count). The first kappa shape index (κ1) is 17.9. The standard InChI is InChI=1S/C21H19FN4O2/c22-17-8-6-15(7-9-17)13-23-19(27)14-25-20-12-18(16-4-2-1-3-5-16)24-26(20)11-10-21(25)28/h1-9,12H,10-11,13-14H2,(H,23,27). The van der Waals surface area contributed by atoms with Crippen LogP contribution in [0.25, 0.3) is 11.3 Å². The monoisotopic (exact) mass is 378 g/mol. The smallest absolute Gasteiger partial charge is 0.240 e. The molecule has 28 heavy (non-hydrogen) atoms. The van der Waals surface area contributed by atoms with E-state index in [4.69, 9.17) is 0 Å². The van der Waals surface area contributed by atoms with Crippen molar-refractivity contribution in [3.05, 3.63) is 72.0 Å². The van der Waals surface area contributed by atoms with Crippen molar-refractivity contribution >= 4 is 17.6 Å². The summed E-state index contributed by atoms with van der Waals surface area (Å²) in [5, 5.41) is 7.34. The summed E-state index contributed by atoms with van der Waals surface area (Å²) in [6.45, 7) is 0.685. The van der Waals surface area contributed by atoms with Gasteiger partial charge >= 0.3 is 0 Å². The summed E-state index contributed by atoms with van der Waals surface area (Å²) in [7, 11) is 0. The summed E-state index contributed by atoms with van der Waals surface area (Å²) >= 11 is 0. The largest absolute Gasteiger partial charge is 0.350 e. The van der Waals surface area contributed by atoms with Gasteiger partial charge in [-0.05, 0) is 17.7 Å². The predicted octanol–water partition coefficient (Wildman–Crippen LogP) is 2.74. The zero-order chi connectivity index (χ0) is 19.5. The normalized spacial score (nSPS) is 13.3. The number of halogens is 1. The van der Waals surface area contributed by atoms with Gasteiger partial charge in [-0.2, -0.15) is 5.10 Å². The Morgan fingerprint density at radius 1 is 1.11 bits per heavy atom. The SMILES string of the molecule is O=C(CN1C(=O)CCn2nc(-c3ccccc3)cc21)NCc1ccc(F)cc1. The van der Waals surface area contributed by atoms with Gasteiger partial charge in [0.2, 0.25) is 11.8 Å². The van der Waals surface area contributed by atoms with E-state index in [1.54, 1.807) is 16.8 Å². The molecule has 0 atom stereocenters. The number of aryl methyl sites for hydroxylation is 1. The number of hydrogen-bond donors (Lipinski definition) is 1. The molecular weight excluding hydrogens is 359 g/mol. The average Bonchev–Trinajstić information content (AvgIpc) is 3.15. The van der Waals surface area contributed by atoms with Crippen LogP contribution in [0.1, 0.15) is 12.0 Å². The number of nitrogens with zero attached hydrogens (tertiary/aromatic N) is 3. The molecule has 0 aliphatic carbocycles. The first-order chi connectivity index (χ1) is 13.6. The number of rotatable bonds is 5. The van der Waals surface area contributed by atoms with Gasteiger partial charge in [0.25, 0.3) is 0 Å². The third-order valence-corrected chi connectivity index (χ3v) is 4.65. The zero-order valence-corrected chi connectivity index (χ0v) is 15.1. The second-order valence-electron chi connectivity index (χ2n) is 6.61. The highest BCUT2D eigenvalue weighted by molar-refractivity contribution is 5.99. The van der Waals surface area contributed by atoms with Gasteiger partial charge in [0.1, 0.15) is 18.2 Å². The number of anilines is 1. The molecular formula is C21H19FN4O2. The molecule has 0 spiro atoms. The molecule has 0 radical (unpaired) electrons. The highest BCUT2D eigenvalue weighted by Gasteiger charge is 2.28. The molecule has 142 valence electrons. The molecule has 0 fully saturated rings. The van der Waals surface area contributed by atoms with Crippen LogP contribution in [-0.4, -0.2) is 28.1 Å². The summed E-state index contributed by atoms with van der Waals surface area (Å²) in [6.07, 6.45) is 0.300. The van der Waals surface area contributed by atoms with Crippen molar-refractivity contribution in [2.24, 2.45) is 0 Å². The van der Waals surface area contributed by atoms with Crippen molar-refractivity contribution < 1.29 is 14.0 Å². The Morgan fingerprint density at radius 2 is 1.86 bits per heavy atom. The van der Waals surface area contributed by atoms with E-state index in [0.29, 0.717) is 18.8 Å². The maximum Gasteiger partial charge on any atom is 0.240 e. The maximum atomic E-state index is 13.0. The van der Waals surface area contributed by atoms with Crippen LogP contribution in [0, 0.1) is 5.82 Å². The first-order valence-electron chi connectivity index (χ1n) is 9.05. The van der Waals surface area contributed by atoms with E-state index in [2.05, 4.69) is 10.4 Å². The lowest BCUT2D eigenvalue weighted by Gasteiger charge is -2.26. The van der Waals surface area contributed by atoms with Crippen LogP contribution in [-0.2, 0) is 22.7 Å². The fourth-order valence-electron chi connectivity index (χ4n) is 3.17. The minimum absolute atomic E-state index is 0.0834. The minimum atomic E-state index is -0.323. The molecule has 1 aromatic heterocycles. The van der Waals surface area contributed by atoms with Crippen LogP contribution in [0.3, 0.4) is 0 Å². The first-order valence-corrected chi connectivity index (χ1v) is 9.05. The summed E-state index contributed by atoms with van der Waals surface area (Å²) in [5.74, 6) is -0.0963. The Kier molecular flexibility index (Phi) is 4.89. The molecule has 2 amide bonds. The third kappa shape index (κ3) is 3.78. The van der Waals surface area contributed by atoms with E-state index in [0.717, 1.165) is 16.8 Å². The molecule has 1 aliphatic rings. The number of amides is 2. The van der Waals surface area contributed by atoms with E-state index in [1.807, 2.05) is 36.4 Å². The topological polar surface area (TPSA) is 67.2 Å². The molecule has 2 heterocycles. The van der Waals surface area contributed by atoms with Crippen LogP contribution in [0.4, 0.5) is 10.2 Å². The van der Waals surface area contributed by atoms with E-state index >= 15 is 0 Å². The number of fused-ring (bicyclic) bond motifs is 1. The highest BCUT2D eigenvalue weighted by atomic mass is 19.1. The second kappa shape index (κ2) is 7.64. The van der Waals surface area contributed by atoms with Crippen LogP contribution >= 0.6 is 0 Å². The van der Waals surface area contributed by atoms with Gasteiger partial charge in [0, 0.05) is 24.6 Å². The molecule has 1 N–H and O–H groups in total. The quantitative estimate of drug-likeness (QED) is 0.742. The number of aromatic nitrogens is 2. The summed E-state index contributed by atoms with van der Waals surface area (Å²) < 4.78 is 14.7. The van der Waals surface area contributed by atoms with Crippen molar-refractivity contribution in [1.29, 1.82) is 0 Å². The van der Waals surface area contributed by atoms with Crippen molar-refractivity contribution in [2.75, 3.05) is 11.4 Å². The van der Waals surface area contributed by atoms with E-state index in [9.17, 15) is 14.0 Å². The summed E-state index contributed by atoms with van der Waals surface area (Å²) in [5.41, 5.74) is 2.51. The molecule has 0 unspecified atom stereocenters. The fourth-order valence-corrected chi connectivity index (χ4v) is 3.17. The van der Waals surface area contributed by atoms with E-state index in [1.165, 1.54) is 17.0 Å². The second-order valence-corrected chi connectivity index (χ2v) is 6.61. The van der Waals surface area contributed by atoms with Gasteiger partial charge in [-0.1, -0.05) is 42.5 Å². The van der Waals surface area contributed by atoms with Crippen molar-refractivity contribution in [3.8, 4) is 11.3 Å². The molecule has 3 aromatic rings. The summed E-state index contributed by atoms with van der Waals surface area (Å²) in [6, 6.07) is 17.5. The molecule has 6 nitrogen and oxygen atoms in total.